The largest absolute Gasteiger partial charge is 0.478 e. The van der Waals surface area contributed by atoms with E-state index in [-0.39, 0.29) is 24.0 Å². The fourth-order valence-corrected chi connectivity index (χ4v) is 3.20. The summed E-state index contributed by atoms with van der Waals surface area (Å²) >= 11 is 0. The second-order valence-electron chi connectivity index (χ2n) is 6.90. The second kappa shape index (κ2) is 8.56. The number of amides is 3. The van der Waals surface area contributed by atoms with Crippen LogP contribution in [0.25, 0.3) is 0 Å². The van der Waals surface area contributed by atoms with E-state index in [1.54, 1.807) is 24.0 Å². The SMILES string of the molecule is Cc1cc(C(=O)O)cc(C(=O)NCc2cccc(NC(=O)N3CCCC3)c2)c1. The summed E-state index contributed by atoms with van der Waals surface area (Å²) in [5, 5.41) is 14.8. The number of urea groups is 1. The Balaban J connectivity index is 1.62. The van der Waals surface area contributed by atoms with E-state index in [0.29, 0.717) is 16.8 Å². The molecule has 0 spiro atoms. The van der Waals surface area contributed by atoms with Gasteiger partial charge in [0.2, 0.25) is 0 Å². The molecule has 2 aromatic carbocycles. The number of nitrogens with one attached hydrogen (secondary N) is 2. The van der Waals surface area contributed by atoms with E-state index in [4.69, 9.17) is 5.11 Å². The lowest BCUT2D eigenvalue weighted by Crippen LogP contribution is -2.32. The first-order valence-corrected chi connectivity index (χ1v) is 9.20. The molecule has 0 radical (unpaired) electrons. The van der Waals surface area contributed by atoms with Gasteiger partial charge in [-0.25, -0.2) is 9.59 Å². The van der Waals surface area contributed by atoms with Crippen molar-refractivity contribution >= 4 is 23.6 Å². The molecule has 7 heteroatoms. The number of likely N-dealkylation sites (tertiary alicyclic amines) is 1. The molecule has 0 bridgehead atoms. The van der Waals surface area contributed by atoms with Gasteiger partial charge in [-0.15, -0.1) is 0 Å². The van der Waals surface area contributed by atoms with Crippen LogP contribution in [0, 0.1) is 6.92 Å². The van der Waals surface area contributed by atoms with Crippen LogP contribution in [-0.4, -0.2) is 41.0 Å². The lowest BCUT2D eigenvalue weighted by atomic mass is 10.1. The van der Waals surface area contributed by atoms with Crippen molar-refractivity contribution in [2.45, 2.75) is 26.3 Å². The van der Waals surface area contributed by atoms with E-state index in [2.05, 4.69) is 10.6 Å². The van der Waals surface area contributed by atoms with Crippen molar-refractivity contribution in [1.82, 2.24) is 10.2 Å². The maximum absolute atomic E-state index is 12.4. The molecular formula is C21H23N3O4. The summed E-state index contributed by atoms with van der Waals surface area (Å²) in [5.41, 5.74) is 2.59. The zero-order chi connectivity index (χ0) is 20.1. The molecular weight excluding hydrogens is 358 g/mol. The predicted octanol–water partition coefficient (Wildman–Crippen LogP) is 3.25. The molecule has 1 fully saturated rings. The number of nitrogens with zero attached hydrogens (tertiary/aromatic N) is 1. The molecule has 1 heterocycles. The molecule has 0 aromatic heterocycles. The average Bonchev–Trinajstić information content (AvgIpc) is 3.21. The molecule has 2 aromatic rings. The Morgan fingerprint density at radius 3 is 2.46 bits per heavy atom. The van der Waals surface area contributed by atoms with Crippen LogP contribution < -0.4 is 10.6 Å². The molecule has 3 rings (SSSR count). The van der Waals surface area contributed by atoms with Crippen molar-refractivity contribution in [2.24, 2.45) is 0 Å². The zero-order valence-electron chi connectivity index (χ0n) is 15.7. The van der Waals surface area contributed by atoms with Crippen LogP contribution in [0.2, 0.25) is 0 Å². The van der Waals surface area contributed by atoms with Crippen molar-refractivity contribution in [1.29, 1.82) is 0 Å². The molecule has 0 atom stereocenters. The number of hydrogen-bond acceptors (Lipinski definition) is 3. The van der Waals surface area contributed by atoms with Crippen molar-refractivity contribution in [3.63, 3.8) is 0 Å². The van der Waals surface area contributed by atoms with Gasteiger partial charge < -0.3 is 20.6 Å². The molecule has 0 unspecified atom stereocenters. The maximum Gasteiger partial charge on any atom is 0.335 e. The number of hydrogen-bond donors (Lipinski definition) is 3. The van der Waals surface area contributed by atoms with Gasteiger partial charge in [-0.2, -0.15) is 0 Å². The molecule has 28 heavy (non-hydrogen) atoms. The zero-order valence-corrected chi connectivity index (χ0v) is 15.7. The van der Waals surface area contributed by atoms with Crippen LogP contribution in [-0.2, 0) is 6.54 Å². The van der Waals surface area contributed by atoms with Gasteiger partial charge in [0, 0.05) is 30.9 Å². The number of benzene rings is 2. The Bertz CT molecular complexity index is 904. The van der Waals surface area contributed by atoms with Gasteiger partial charge in [0.1, 0.15) is 0 Å². The van der Waals surface area contributed by atoms with Crippen molar-refractivity contribution in [2.75, 3.05) is 18.4 Å². The van der Waals surface area contributed by atoms with Gasteiger partial charge >= 0.3 is 12.0 Å². The first-order chi connectivity index (χ1) is 13.4. The summed E-state index contributed by atoms with van der Waals surface area (Å²) in [6.45, 7) is 3.56. The molecule has 146 valence electrons. The topological polar surface area (TPSA) is 98.7 Å². The van der Waals surface area contributed by atoms with Crippen LogP contribution in [0.15, 0.2) is 42.5 Å². The monoisotopic (exact) mass is 381 g/mol. The van der Waals surface area contributed by atoms with Crippen molar-refractivity contribution in [3.05, 3.63) is 64.7 Å². The van der Waals surface area contributed by atoms with Crippen LogP contribution >= 0.6 is 0 Å². The second-order valence-corrected chi connectivity index (χ2v) is 6.90. The number of aromatic carboxylic acids is 1. The number of anilines is 1. The first kappa shape index (κ1) is 19.4. The standard InChI is InChI=1S/C21H23N3O4/c1-14-9-16(12-17(10-14)20(26)27)19(25)22-13-15-5-4-6-18(11-15)23-21(28)24-7-2-3-8-24/h4-6,9-12H,2-3,7-8,13H2,1H3,(H,22,25)(H,23,28)(H,26,27). The van der Waals surface area contributed by atoms with E-state index >= 15 is 0 Å². The number of aryl methyl sites for hydroxylation is 1. The van der Waals surface area contributed by atoms with E-state index in [0.717, 1.165) is 31.5 Å². The quantitative estimate of drug-likeness (QED) is 0.740. The van der Waals surface area contributed by atoms with Crippen molar-refractivity contribution in [3.8, 4) is 0 Å². The highest BCUT2D eigenvalue weighted by atomic mass is 16.4. The molecule has 1 aliphatic heterocycles. The van der Waals surface area contributed by atoms with Crippen LogP contribution in [0.5, 0.6) is 0 Å². The van der Waals surface area contributed by atoms with Crippen LogP contribution in [0.1, 0.15) is 44.7 Å². The van der Waals surface area contributed by atoms with Crippen LogP contribution in [0.3, 0.4) is 0 Å². The molecule has 3 amide bonds. The van der Waals surface area contributed by atoms with Crippen molar-refractivity contribution < 1.29 is 19.5 Å². The highest BCUT2D eigenvalue weighted by molar-refractivity contribution is 5.97. The summed E-state index contributed by atoms with van der Waals surface area (Å²) < 4.78 is 0. The third-order valence-electron chi connectivity index (χ3n) is 4.61. The molecule has 3 N–H and O–H groups in total. The number of rotatable bonds is 5. The fourth-order valence-electron chi connectivity index (χ4n) is 3.20. The van der Waals surface area contributed by atoms with E-state index in [1.165, 1.54) is 12.1 Å². The lowest BCUT2D eigenvalue weighted by molar-refractivity contribution is 0.0696. The Morgan fingerprint density at radius 2 is 1.75 bits per heavy atom. The Kier molecular flexibility index (Phi) is 5.93. The molecule has 1 saturated heterocycles. The van der Waals surface area contributed by atoms with E-state index in [1.807, 2.05) is 18.2 Å². The van der Waals surface area contributed by atoms with Crippen LogP contribution in [0.4, 0.5) is 10.5 Å². The number of carboxylic acid groups (broad SMARTS) is 1. The van der Waals surface area contributed by atoms with Gasteiger partial charge in [-0.05, 0) is 61.2 Å². The molecule has 0 saturated carbocycles. The summed E-state index contributed by atoms with van der Waals surface area (Å²) in [6.07, 6.45) is 2.06. The number of carboxylic acids is 1. The minimum absolute atomic E-state index is 0.0803. The van der Waals surface area contributed by atoms with Gasteiger partial charge in [0.05, 0.1) is 5.56 Å². The number of carbonyl (C=O) groups excluding carboxylic acids is 2. The Morgan fingerprint density at radius 1 is 1.04 bits per heavy atom. The lowest BCUT2D eigenvalue weighted by Gasteiger charge is -2.16. The third-order valence-corrected chi connectivity index (χ3v) is 4.61. The minimum Gasteiger partial charge on any atom is -0.478 e. The summed E-state index contributed by atoms with van der Waals surface area (Å²) in [6, 6.07) is 11.7. The fraction of sp³-hybridized carbons (Fsp3) is 0.286. The normalized spacial score (nSPS) is 13.2. The smallest absolute Gasteiger partial charge is 0.335 e. The summed E-state index contributed by atoms with van der Waals surface area (Å²) in [5.74, 6) is -1.42. The van der Waals surface area contributed by atoms with E-state index in [9.17, 15) is 14.4 Å². The highest BCUT2D eigenvalue weighted by Gasteiger charge is 2.17. The first-order valence-electron chi connectivity index (χ1n) is 9.20. The third kappa shape index (κ3) is 4.88. The Labute approximate surface area is 163 Å². The molecule has 7 nitrogen and oxygen atoms in total. The number of carbonyl (C=O) groups is 3. The summed E-state index contributed by atoms with van der Waals surface area (Å²) in [7, 11) is 0. The molecule has 0 aliphatic carbocycles. The van der Waals surface area contributed by atoms with Gasteiger partial charge in [-0.3, -0.25) is 4.79 Å². The Hall–Kier alpha value is -3.35. The highest BCUT2D eigenvalue weighted by Crippen LogP contribution is 2.15. The predicted molar refractivity (Wildman–Crippen MR) is 106 cm³/mol. The molecule has 1 aliphatic rings. The maximum atomic E-state index is 12.4. The summed E-state index contributed by atoms with van der Waals surface area (Å²) in [4.78, 5) is 37.5. The average molecular weight is 381 g/mol. The van der Waals surface area contributed by atoms with Gasteiger partial charge in [0.25, 0.3) is 5.91 Å². The van der Waals surface area contributed by atoms with Gasteiger partial charge in [-0.1, -0.05) is 12.1 Å². The van der Waals surface area contributed by atoms with E-state index < -0.39 is 5.97 Å². The van der Waals surface area contributed by atoms with Gasteiger partial charge in [0.15, 0.2) is 0 Å². The minimum atomic E-state index is -1.07.